The molecule has 17 heavy (non-hydrogen) atoms. The number of carbonyl (C=O) groups is 1. The topological polar surface area (TPSA) is 77.2 Å². The molecule has 0 saturated carbocycles. The minimum Gasteiger partial charge on any atom is -0.369 e. The molecule has 2 N–H and O–H groups in total. The van der Waals surface area contributed by atoms with E-state index in [1.165, 1.54) is 26.0 Å². The molecule has 0 spiro atoms. The average molecular weight is 259 g/mol. The van der Waals surface area contributed by atoms with Gasteiger partial charge in [0.2, 0.25) is 5.91 Å². The molecule has 0 unspecified atom stereocenters. The highest BCUT2D eigenvalue weighted by Crippen LogP contribution is 2.19. The Morgan fingerprint density at radius 2 is 2.00 bits per heavy atom. The van der Waals surface area contributed by atoms with Gasteiger partial charge in [0, 0.05) is 0 Å². The third-order valence-corrected chi connectivity index (χ3v) is 4.49. The van der Waals surface area contributed by atoms with E-state index >= 15 is 0 Å². The zero-order chi connectivity index (χ0) is 13.2. The second-order valence-corrected chi connectivity index (χ2v) is 6.49. The maximum Gasteiger partial charge on any atom is 0.221 e. The highest BCUT2D eigenvalue weighted by Gasteiger charge is 2.20. The van der Waals surface area contributed by atoms with Gasteiger partial charge in [-0.1, -0.05) is 6.07 Å². The van der Waals surface area contributed by atoms with Gasteiger partial charge in [-0.05, 0) is 31.5 Å². The van der Waals surface area contributed by atoms with Gasteiger partial charge in [-0.3, -0.25) is 4.79 Å². The van der Waals surface area contributed by atoms with Crippen molar-refractivity contribution < 1.29 is 17.6 Å². The van der Waals surface area contributed by atoms with E-state index in [1.807, 2.05) is 0 Å². The standard InChI is InChI=1S/C11H14FNO3S/c1-7(2)17(15,16)9-4-3-8(5-11(13)14)10(12)6-9/h3-4,6-7H,5H2,1-2H3,(H2,13,14). The third kappa shape index (κ3) is 3.03. The van der Waals surface area contributed by atoms with Crippen LogP contribution in [0, 0.1) is 5.82 Å². The number of rotatable bonds is 4. The van der Waals surface area contributed by atoms with Crippen LogP contribution in [0.25, 0.3) is 0 Å². The van der Waals surface area contributed by atoms with Crippen molar-refractivity contribution in [1.82, 2.24) is 0 Å². The van der Waals surface area contributed by atoms with E-state index in [-0.39, 0.29) is 16.9 Å². The molecule has 0 aliphatic heterocycles. The molecule has 0 aromatic heterocycles. The number of primary amides is 1. The van der Waals surface area contributed by atoms with Gasteiger partial charge in [0.25, 0.3) is 0 Å². The molecule has 1 rings (SSSR count). The highest BCUT2D eigenvalue weighted by molar-refractivity contribution is 7.92. The fraction of sp³-hybridized carbons (Fsp3) is 0.364. The van der Waals surface area contributed by atoms with Gasteiger partial charge < -0.3 is 5.73 Å². The Kier molecular flexibility index (Phi) is 3.87. The van der Waals surface area contributed by atoms with E-state index in [0.717, 1.165) is 6.07 Å². The largest absolute Gasteiger partial charge is 0.369 e. The Balaban J connectivity index is 3.18. The first-order valence-electron chi connectivity index (χ1n) is 5.05. The number of hydrogen-bond acceptors (Lipinski definition) is 3. The molecule has 94 valence electrons. The number of sulfone groups is 1. The normalized spacial score (nSPS) is 11.8. The molecule has 0 aliphatic carbocycles. The smallest absolute Gasteiger partial charge is 0.221 e. The third-order valence-electron chi connectivity index (χ3n) is 2.34. The number of halogens is 1. The van der Waals surface area contributed by atoms with Crippen LogP contribution in [0.2, 0.25) is 0 Å². The van der Waals surface area contributed by atoms with E-state index in [1.54, 1.807) is 0 Å². The van der Waals surface area contributed by atoms with Gasteiger partial charge in [0.15, 0.2) is 9.84 Å². The summed E-state index contributed by atoms with van der Waals surface area (Å²) < 4.78 is 37.1. The summed E-state index contributed by atoms with van der Waals surface area (Å²) in [7, 11) is -3.50. The molecule has 6 heteroatoms. The molecule has 4 nitrogen and oxygen atoms in total. The minimum absolute atomic E-state index is 0.0850. The van der Waals surface area contributed by atoms with Crippen LogP contribution in [-0.4, -0.2) is 19.6 Å². The number of hydrogen-bond donors (Lipinski definition) is 1. The molecule has 0 aliphatic rings. The first-order chi connectivity index (χ1) is 7.75. The Bertz CT molecular complexity index is 538. The number of carbonyl (C=O) groups excluding carboxylic acids is 1. The maximum absolute atomic E-state index is 13.5. The molecule has 0 saturated heterocycles. The lowest BCUT2D eigenvalue weighted by atomic mass is 10.1. The van der Waals surface area contributed by atoms with Crippen molar-refractivity contribution in [3.63, 3.8) is 0 Å². The summed E-state index contributed by atoms with van der Waals surface area (Å²) in [6.45, 7) is 3.04. The summed E-state index contributed by atoms with van der Waals surface area (Å²) in [4.78, 5) is 10.6. The predicted molar refractivity (Wildman–Crippen MR) is 61.6 cm³/mol. The van der Waals surface area contributed by atoms with Crippen molar-refractivity contribution in [2.45, 2.75) is 30.4 Å². The summed E-state index contributed by atoms with van der Waals surface area (Å²) in [5, 5.41) is -0.621. The van der Waals surface area contributed by atoms with Gasteiger partial charge in [-0.15, -0.1) is 0 Å². The minimum atomic E-state index is -3.50. The lowest BCUT2D eigenvalue weighted by molar-refractivity contribution is -0.117. The van der Waals surface area contributed by atoms with Crippen LogP contribution in [0.15, 0.2) is 23.1 Å². The van der Waals surface area contributed by atoms with Crippen LogP contribution in [-0.2, 0) is 21.1 Å². The van der Waals surface area contributed by atoms with Crippen LogP contribution in [0.3, 0.4) is 0 Å². The summed E-state index contributed by atoms with van der Waals surface area (Å²) in [6, 6.07) is 3.49. The van der Waals surface area contributed by atoms with Crippen molar-refractivity contribution in [3.05, 3.63) is 29.6 Å². The molecule has 0 atom stereocenters. The summed E-state index contributed by atoms with van der Waals surface area (Å²) in [5.41, 5.74) is 5.04. The Morgan fingerprint density at radius 1 is 1.41 bits per heavy atom. The molecular weight excluding hydrogens is 245 g/mol. The molecule has 1 amide bonds. The maximum atomic E-state index is 13.5. The Morgan fingerprint density at radius 3 is 2.41 bits per heavy atom. The van der Waals surface area contributed by atoms with Crippen LogP contribution in [0.1, 0.15) is 19.4 Å². The van der Waals surface area contributed by atoms with E-state index in [4.69, 9.17) is 5.73 Å². The van der Waals surface area contributed by atoms with Gasteiger partial charge in [-0.2, -0.15) is 0 Å². The number of nitrogens with two attached hydrogens (primary N) is 1. The van der Waals surface area contributed by atoms with Crippen molar-refractivity contribution in [1.29, 1.82) is 0 Å². The van der Waals surface area contributed by atoms with Crippen LogP contribution < -0.4 is 5.73 Å². The van der Waals surface area contributed by atoms with E-state index in [2.05, 4.69) is 0 Å². The van der Waals surface area contributed by atoms with Crippen LogP contribution in [0.5, 0.6) is 0 Å². The van der Waals surface area contributed by atoms with Crippen LogP contribution >= 0.6 is 0 Å². The Hall–Kier alpha value is -1.43. The lowest BCUT2D eigenvalue weighted by Crippen LogP contribution is -2.16. The quantitative estimate of drug-likeness (QED) is 0.877. The van der Waals surface area contributed by atoms with Crippen molar-refractivity contribution in [3.8, 4) is 0 Å². The summed E-state index contributed by atoms with van der Waals surface area (Å²) in [5.74, 6) is -1.39. The van der Waals surface area contributed by atoms with Crippen molar-refractivity contribution >= 4 is 15.7 Å². The lowest BCUT2D eigenvalue weighted by Gasteiger charge is -2.09. The van der Waals surface area contributed by atoms with Gasteiger partial charge in [0.1, 0.15) is 5.82 Å². The molecule has 0 radical (unpaired) electrons. The second kappa shape index (κ2) is 4.83. The molecule has 0 fully saturated rings. The fourth-order valence-corrected chi connectivity index (χ4v) is 2.38. The van der Waals surface area contributed by atoms with Gasteiger partial charge >= 0.3 is 0 Å². The first kappa shape index (κ1) is 13.6. The predicted octanol–water partition coefficient (Wildman–Crippen LogP) is 1.04. The van der Waals surface area contributed by atoms with E-state index in [9.17, 15) is 17.6 Å². The van der Waals surface area contributed by atoms with Crippen LogP contribution in [0.4, 0.5) is 4.39 Å². The average Bonchev–Trinajstić information content (AvgIpc) is 2.20. The van der Waals surface area contributed by atoms with Crippen molar-refractivity contribution in [2.75, 3.05) is 0 Å². The molecule has 0 heterocycles. The zero-order valence-corrected chi connectivity index (χ0v) is 10.4. The second-order valence-electron chi connectivity index (χ2n) is 3.99. The van der Waals surface area contributed by atoms with Gasteiger partial charge in [-0.25, -0.2) is 12.8 Å². The fourth-order valence-electron chi connectivity index (χ4n) is 1.31. The van der Waals surface area contributed by atoms with E-state index in [0.29, 0.717) is 0 Å². The molecular formula is C11H14FNO3S. The number of amides is 1. The molecule has 1 aromatic carbocycles. The SMILES string of the molecule is CC(C)S(=O)(=O)c1ccc(CC(N)=O)c(F)c1. The Labute approximate surface area is 99.5 Å². The highest BCUT2D eigenvalue weighted by atomic mass is 32.2. The molecule has 1 aromatic rings. The molecule has 0 bridgehead atoms. The zero-order valence-electron chi connectivity index (χ0n) is 9.60. The van der Waals surface area contributed by atoms with Crippen molar-refractivity contribution in [2.24, 2.45) is 5.73 Å². The number of benzene rings is 1. The van der Waals surface area contributed by atoms with Gasteiger partial charge in [0.05, 0.1) is 16.6 Å². The summed E-state index contributed by atoms with van der Waals surface area (Å²) >= 11 is 0. The monoisotopic (exact) mass is 259 g/mol. The first-order valence-corrected chi connectivity index (χ1v) is 6.60. The van der Waals surface area contributed by atoms with E-state index < -0.39 is 26.8 Å². The summed E-state index contributed by atoms with van der Waals surface area (Å²) in [6.07, 6.45) is -0.242.